The fourth-order valence-corrected chi connectivity index (χ4v) is 4.71. The summed E-state index contributed by atoms with van der Waals surface area (Å²) >= 11 is 1.87. The average molecular weight is 309 g/mol. The first-order chi connectivity index (χ1) is 10.2. The van der Waals surface area contributed by atoms with Crippen LogP contribution in [0.15, 0.2) is 0 Å². The zero-order valence-electron chi connectivity index (χ0n) is 13.4. The van der Waals surface area contributed by atoms with Gasteiger partial charge in [0.15, 0.2) is 5.13 Å². The molecule has 1 aliphatic heterocycles. The number of ether oxygens (including phenoxy) is 1. The van der Waals surface area contributed by atoms with Crippen molar-refractivity contribution in [2.75, 3.05) is 24.6 Å². The highest BCUT2D eigenvalue weighted by atomic mass is 32.1. The lowest BCUT2D eigenvalue weighted by molar-refractivity contribution is 0.0256. The highest BCUT2D eigenvalue weighted by Crippen LogP contribution is 2.37. The van der Waals surface area contributed by atoms with Crippen molar-refractivity contribution in [1.82, 2.24) is 10.3 Å². The molecule has 21 heavy (non-hydrogen) atoms. The Morgan fingerprint density at radius 1 is 1.48 bits per heavy atom. The van der Waals surface area contributed by atoms with Gasteiger partial charge >= 0.3 is 0 Å². The number of nitrogens with zero attached hydrogens (tertiary/aromatic N) is 2. The van der Waals surface area contributed by atoms with Crippen LogP contribution in [0.4, 0.5) is 5.13 Å². The molecule has 0 bridgehead atoms. The van der Waals surface area contributed by atoms with Crippen molar-refractivity contribution in [1.29, 1.82) is 0 Å². The maximum absolute atomic E-state index is 5.91. The van der Waals surface area contributed by atoms with Crippen molar-refractivity contribution < 1.29 is 4.74 Å². The van der Waals surface area contributed by atoms with Crippen LogP contribution in [0.25, 0.3) is 0 Å². The van der Waals surface area contributed by atoms with Crippen LogP contribution in [0.2, 0.25) is 0 Å². The topological polar surface area (TPSA) is 37.4 Å². The van der Waals surface area contributed by atoms with E-state index in [9.17, 15) is 0 Å². The van der Waals surface area contributed by atoms with Gasteiger partial charge in [-0.1, -0.05) is 6.92 Å². The second-order valence-corrected chi connectivity index (χ2v) is 7.23. The van der Waals surface area contributed by atoms with Crippen molar-refractivity contribution >= 4 is 16.5 Å². The average Bonchev–Trinajstić information content (AvgIpc) is 3.10. The van der Waals surface area contributed by atoms with Gasteiger partial charge in [0.25, 0.3) is 0 Å². The van der Waals surface area contributed by atoms with Crippen molar-refractivity contribution in [3.8, 4) is 0 Å². The molecule has 1 aromatic heterocycles. The number of thiazole rings is 1. The van der Waals surface area contributed by atoms with Gasteiger partial charge in [0, 0.05) is 17.5 Å². The highest BCUT2D eigenvalue weighted by molar-refractivity contribution is 7.15. The fraction of sp³-hybridized carbons (Fsp3) is 0.812. The molecular weight excluding hydrogens is 282 g/mol. The van der Waals surface area contributed by atoms with Crippen molar-refractivity contribution in [2.24, 2.45) is 0 Å². The van der Waals surface area contributed by atoms with E-state index in [1.807, 2.05) is 11.3 Å². The van der Waals surface area contributed by atoms with E-state index >= 15 is 0 Å². The lowest BCUT2D eigenvalue weighted by Gasteiger charge is -2.37. The molecule has 118 valence electrons. The summed E-state index contributed by atoms with van der Waals surface area (Å²) in [7, 11) is 0. The van der Waals surface area contributed by atoms with Gasteiger partial charge in [-0.15, -0.1) is 11.3 Å². The minimum atomic E-state index is 0.400. The molecule has 0 radical (unpaired) electrons. The van der Waals surface area contributed by atoms with Gasteiger partial charge in [-0.05, 0) is 46.1 Å². The molecular formula is C16H27N3OS. The number of nitrogens with one attached hydrogen (secondary N) is 1. The molecule has 1 aromatic rings. The largest absolute Gasteiger partial charge is 0.374 e. The minimum absolute atomic E-state index is 0.400. The summed E-state index contributed by atoms with van der Waals surface area (Å²) in [6.07, 6.45) is 5.36. The normalized spacial score (nSPS) is 26.9. The number of hydrogen-bond acceptors (Lipinski definition) is 5. The summed E-state index contributed by atoms with van der Waals surface area (Å²) in [6, 6.07) is 0.952. The lowest BCUT2D eigenvalue weighted by atomic mass is 10.1. The second-order valence-electron chi connectivity index (χ2n) is 6.22. The van der Waals surface area contributed by atoms with E-state index < -0.39 is 0 Å². The number of anilines is 1. The molecule has 4 nitrogen and oxygen atoms in total. The number of aromatic nitrogens is 1. The van der Waals surface area contributed by atoms with Crippen molar-refractivity contribution in [3.63, 3.8) is 0 Å². The maximum Gasteiger partial charge on any atom is 0.186 e. The number of fused-ring (bicyclic) bond motifs is 1. The van der Waals surface area contributed by atoms with E-state index in [1.54, 1.807) is 0 Å². The van der Waals surface area contributed by atoms with Crippen LogP contribution in [0, 0.1) is 6.92 Å². The standard InChI is InChI=1S/C16H27N3OS/c1-4-8-17-11(2)15-12(3)18-16(21-15)19-9-10-20-14-7-5-6-13(14)19/h11,13-14,17H,4-10H2,1-3H3. The molecule has 2 aliphatic rings. The molecule has 1 aliphatic carbocycles. The summed E-state index contributed by atoms with van der Waals surface area (Å²) < 4.78 is 5.91. The van der Waals surface area contributed by atoms with Gasteiger partial charge < -0.3 is 15.0 Å². The van der Waals surface area contributed by atoms with Gasteiger partial charge in [-0.2, -0.15) is 0 Å². The van der Waals surface area contributed by atoms with E-state index in [1.165, 1.54) is 41.4 Å². The third kappa shape index (κ3) is 3.10. The van der Waals surface area contributed by atoms with Gasteiger partial charge in [-0.3, -0.25) is 0 Å². The van der Waals surface area contributed by atoms with Crippen LogP contribution >= 0.6 is 11.3 Å². The Labute approximate surface area is 131 Å². The lowest BCUT2D eigenvalue weighted by Crippen LogP contribution is -2.48. The van der Waals surface area contributed by atoms with Gasteiger partial charge in [0.2, 0.25) is 0 Å². The van der Waals surface area contributed by atoms with Crippen LogP contribution in [-0.2, 0) is 4.74 Å². The summed E-state index contributed by atoms with van der Waals surface area (Å²) in [6.45, 7) is 9.50. The molecule has 1 N–H and O–H groups in total. The predicted octanol–water partition coefficient (Wildman–Crippen LogP) is 3.27. The van der Waals surface area contributed by atoms with Gasteiger partial charge in [0.05, 0.1) is 24.4 Å². The summed E-state index contributed by atoms with van der Waals surface area (Å²) in [5.74, 6) is 0. The molecule has 3 rings (SSSR count). The predicted molar refractivity (Wildman–Crippen MR) is 88.3 cm³/mol. The molecule has 0 amide bonds. The van der Waals surface area contributed by atoms with Crippen LogP contribution in [0.3, 0.4) is 0 Å². The fourth-order valence-electron chi connectivity index (χ4n) is 3.53. The molecule has 3 atom stereocenters. The highest BCUT2D eigenvalue weighted by Gasteiger charge is 2.37. The van der Waals surface area contributed by atoms with Crippen molar-refractivity contribution in [3.05, 3.63) is 10.6 Å². The molecule has 0 aromatic carbocycles. The Morgan fingerprint density at radius 2 is 2.33 bits per heavy atom. The van der Waals surface area contributed by atoms with Gasteiger partial charge in [-0.25, -0.2) is 4.98 Å². The third-order valence-corrected chi connectivity index (χ3v) is 6.02. The molecule has 3 unspecified atom stereocenters. The van der Waals surface area contributed by atoms with E-state index in [4.69, 9.17) is 9.72 Å². The number of morpholine rings is 1. The maximum atomic E-state index is 5.91. The molecule has 5 heteroatoms. The van der Waals surface area contributed by atoms with Crippen LogP contribution in [-0.4, -0.2) is 36.8 Å². The Balaban J connectivity index is 1.76. The number of aryl methyl sites for hydroxylation is 1. The second kappa shape index (κ2) is 6.63. The van der Waals surface area contributed by atoms with E-state index in [-0.39, 0.29) is 0 Å². The molecule has 2 fully saturated rings. The molecule has 2 heterocycles. The smallest absolute Gasteiger partial charge is 0.186 e. The Morgan fingerprint density at radius 3 is 3.14 bits per heavy atom. The Kier molecular flexibility index (Phi) is 4.82. The van der Waals surface area contributed by atoms with Crippen LogP contribution in [0.5, 0.6) is 0 Å². The molecule has 1 saturated heterocycles. The first-order valence-corrected chi connectivity index (χ1v) is 9.11. The number of rotatable bonds is 5. The van der Waals surface area contributed by atoms with E-state index in [2.05, 4.69) is 31.0 Å². The Bertz CT molecular complexity index is 476. The SMILES string of the molecule is CCCNC(C)c1sc(N2CCOC3CCCC32)nc1C. The molecule has 1 saturated carbocycles. The molecule has 0 spiro atoms. The van der Waals surface area contributed by atoms with E-state index in [0.29, 0.717) is 18.2 Å². The minimum Gasteiger partial charge on any atom is -0.374 e. The van der Waals surface area contributed by atoms with E-state index in [0.717, 1.165) is 19.7 Å². The summed E-state index contributed by atoms with van der Waals surface area (Å²) in [5.41, 5.74) is 1.19. The quantitative estimate of drug-likeness (QED) is 0.906. The zero-order chi connectivity index (χ0) is 14.8. The summed E-state index contributed by atoms with van der Waals surface area (Å²) in [5, 5.41) is 4.78. The number of hydrogen-bond donors (Lipinski definition) is 1. The zero-order valence-corrected chi connectivity index (χ0v) is 14.2. The summed E-state index contributed by atoms with van der Waals surface area (Å²) in [4.78, 5) is 8.77. The van der Waals surface area contributed by atoms with Crippen molar-refractivity contribution in [2.45, 2.75) is 64.6 Å². The third-order valence-electron chi connectivity index (χ3n) is 4.64. The monoisotopic (exact) mass is 309 g/mol. The first-order valence-electron chi connectivity index (χ1n) is 8.29. The Hall–Kier alpha value is -0.650. The van der Waals surface area contributed by atoms with Crippen LogP contribution in [0.1, 0.15) is 56.1 Å². The van der Waals surface area contributed by atoms with Crippen LogP contribution < -0.4 is 10.2 Å². The van der Waals surface area contributed by atoms with Gasteiger partial charge in [0.1, 0.15) is 0 Å². The first kappa shape index (κ1) is 15.3.